The SMILES string of the molecule is CCNCCCN1CCCC(C)CC1. The van der Waals surface area contributed by atoms with Gasteiger partial charge >= 0.3 is 0 Å². The molecule has 2 nitrogen and oxygen atoms in total. The van der Waals surface area contributed by atoms with E-state index in [0.29, 0.717) is 0 Å². The Bertz CT molecular complexity index is 136. The fourth-order valence-corrected chi connectivity index (χ4v) is 2.15. The van der Waals surface area contributed by atoms with E-state index in [9.17, 15) is 0 Å². The van der Waals surface area contributed by atoms with E-state index in [0.717, 1.165) is 12.5 Å². The van der Waals surface area contributed by atoms with Crippen LogP contribution in [0.5, 0.6) is 0 Å². The van der Waals surface area contributed by atoms with E-state index in [1.807, 2.05) is 0 Å². The van der Waals surface area contributed by atoms with Gasteiger partial charge in [-0.25, -0.2) is 0 Å². The van der Waals surface area contributed by atoms with E-state index in [4.69, 9.17) is 0 Å². The topological polar surface area (TPSA) is 15.3 Å². The summed E-state index contributed by atoms with van der Waals surface area (Å²) in [6.45, 7) is 10.8. The van der Waals surface area contributed by atoms with Crippen LogP contribution in [0.4, 0.5) is 0 Å². The third-order valence-electron chi connectivity index (χ3n) is 3.19. The minimum Gasteiger partial charge on any atom is -0.317 e. The smallest absolute Gasteiger partial charge is 0.000664 e. The first-order chi connectivity index (χ1) is 6.83. The number of nitrogens with one attached hydrogen (secondary N) is 1. The van der Waals surface area contributed by atoms with Crippen molar-refractivity contribution < 1.29 is 0 Å². The van der Waals surface area contributed by atoms with Gasteiger partial charge in [0.1, 0.15) is 0 Å². The lowest BCUT2D eigenvalue weighted by Gasteiger charge is -2.19. The maximum Gasteiger partial charge on any atom is -0.000664 e. The zero-order valence-corrected chi connectivity index (χ0v) is 9.89. The minimum atomic E-state index is 0.953. The molecule has 0 radical (unpaired) electrons. The lowest BCUT2D eigenvalue weighted by Crippen LogP contribution is -2.28. The van der Waals surface area contributed by atoms with Crippen LogP contribution in [0, 0.1) is 5.92 Å². The Morgan fingerprint density at radius 3 is 2.93 bits per heavy atom. The fourth-order valence-electron chi connectivity index (χ4n) is 2.15. The normalized spacial score (nSPS) is 24.9. The lowest BCUT2D eigenvalue weighted by atomic mass is 10.0. The Morgan fingerprint density at radius 1 is 1.29 bits per heavy atom. The van der Waals surface area contributed by atoms with E-state index < -0.39 is 0 Å². The van der Waals surface area contributed by atoms with Crippen molar-refractivity contribution in [3.05, 3.63) is 0 Å². The molecule has 0 aliphatic carbocycles. The van der Waals surface area contributed by atoms with Gasteiger partial charge in [0.05, 0.1) is 0 Å². The summed E-state index contributed by atoms with van der Waals surface area (Å²) < 4.78 is 0. The number of rotatable bonds is 5. The minimum absolute atomic E-state index is 0.953. The van der Waals surface area contributed by atoms with Gasteiger partial charge in [-0.3, -0.25) is 0 Å². The Kier molecular flexibility index (Phi) is 6.20. The van der Waals surface area contributed by atoms with Crippen molar-refractivity contribution >= 4 is 0 Å². The van der Waals surface area contributed by atoms with Crippen molar-refractivity contribution in [3.63, 3.8) is 0 Å². The highest BCUT2D eigenvalue weighted by atomic mass is 15.1. The van der Waals surface area contributed by atoms with Crippen LogP contribution in [0.2, 0.25) is 0 Å². The van der Waals surface area contributed by atoms with Crippen LogP contribution >= 0.6 is 0 Å². The summed E-state index contributed by atoms with van der Waals surface area (Å²) in [4.78, 5) is 2.64. The molecule has 0 spiro atoms. The molecule has 1 aliphatic rings. The Hall–Kier alpha value is -0.0800. The third-order valence-corrected chi connectivity index (χ3v) is 3.19. The molecular formula is C12H26N2. The summed E-state index contributed by atoms with van der Waals surface area (Å²) in [7, 11) is 0. The molecule has 2 heteroatoms. The first-order valence-corrected chi connectivity index (χ1v) is 6.26. The summed E-state index contributed by atoms with van der Waals surface area (Å²) in [5.74, 6) is 0.953. The van der Waals surface area contributed by atoms with Crippen LogP contribution in [-0.4, -0.2) is 37.6 Å². The second kappa shape index (κ2) is 7.24. The molecule has 1 N–H and O–H groups in total. The lowest BCUT2D eigenvalue weighted by molar-refractivity contribution is 0.277. The summed E-state index contributed by atoms with van der Waals surface area (Å²) in [5.41, 5.74) is 0. The van der Waals surface area contributed by atoms with E-state index >= 15 is 0 Å². The number of hydrogen-bond donors (Lipinski definition) is 1. The second-order valence-corrected chi connectivity index (χ2v) is 4.58. The molecule has 0 amide bonds. The summed E-state index contributed by atoms with van der Waals surface area (Å²) in [5, 5.41) is 3.39. The zero-order valence-electron chi connectivity index (χ0n) is 9.89. The molecular weight excluding hydrogens is 172 g/mol. The van der Waals surface area contributed by atoms with E-state index in [2.05, 4.69) is 24.1 Å². The first-order valence-electron chi connectivity index (χ1n) is 6.26. The molecule has 14 heavy (non-hydrogen) atoms. The summed E-state index contributed by atoms with van der Waals surface area (Å²) in [6, 6.07) is 0. The average Bonchev–Trinajstić information content (AvgIpc) is 2.38. The molecule has 84 valence electrons. The van der Waals surface area contributed by atoms with E-state index in [1.165, 1.54) is 51.9 Å². The standard InChI is InChI=1S/C12H26N2/c1-3-13-8-5-10-14-9-4-6-12(2)7-11-14/h12-13H,3-11H2,1-2H3. The van der Waals surface area contributed by atoms with E-state index in [-0.39, 0.29) is 0 Å². The van der Waals surface area contributed by atoms with Gasteiger partial charge in [-0.15, -0.1) is 0 Å². The van der Waals surface area contributed by atoms with Crippen molar-refractivity contribution in [2.24, 2.45) is 5.92 Å². The van der Waals surface area contributed by atoms with Crippen molar-refractivity contribution in [2.45, 2.75) is 39.5 Å². The van der Waals surface area contributed by atoms with Gasteiger partial charge in [-0.1, -0.05) is 13.8 Å². The molecule has 1 rings (SSSR count). The average molecular weight is 198 g/mol. The largest absolute Gasteiger partial charge is 0.317 e. The van der Waals surface area contributed by atoms with Crippen LogP contribution < -0.4 is 5.32 Å². The predicted octanol–water partition coefficient (Wildman–Crippen LogP) is 2.11. The van der Waals surface area contributed by atoms with Gasteiger partial charge in [-0.05, 0) is 64.3 Å². The van der Waals surface area contributed by atoms with Crippen LogP contribution in [0.15, 0.2) is 0 Å². The zero-order chi connectivity index (χ0) is 10.2. The molecule has 1 unspecified atom stereocenters. The first kappa shape index (κ1) is 12.0. The van der Waals surface area contributed by atoms with Crippen LogP contribution in [-0.2, 0) is 0 Å². The maximum atomic E-state index is 3.39. The Labute approximate surface area is 89.1 Å². The third kappa shape index (κ3) is 4.97. The molecule has 1 atom stereocenters. The monoisotopic (exact) mass is 198 g/mol. The van der Waals surface area contributed by atoms with Gasteiger partial charge in [0.2, 0.25) is 0 Å². The van der Waals surface area contributed by atoms with Crippen LogP contribution in [0.3, 0.4) is 0 Å². The Morgan fingerprint density at radius 2 is 2.14 bits per heavy atom. The predicted molar refractivity (Wildman–Crippen MR) is 62.6 cm³/mol. The highest BCUT2D eigenvalue weighted by Gasteiger charge is 2.12. The molecule has 1 fully saturated rings. The van der Waals surface area contributed by atoms with Crippen molar-refractivity contribution in [1.82, 2.24) is 10.2 Å². The number of hydrogen-bond acceptors (Lipinski definition) is 2. The van der Waals surface area contributed by atoms with Gasteiger partial charge < -0.3 is 10.2 Å². The van der Waals surface area contributed by atoms with E-state index in [1.54, 1.807) is 0 Å². The molecule has 0 saturated carbocycles. The summed E-state index contributed by atoms with van der Waals surface area (Å²) >= 11 is 0. The number of likely N-dealkylation sites (tertiary alicyclic amines) is 1. The van der Waals surface area contributed by atoms with Crippen molar-refractivity contribution in [1.29, 1.82) is 0 Å². The van der Waals surface area contributed by atoms with Gasteiger partial charge in [-0.2, -0.15) is 0 Å². The van der Waals surface area contributed by atoms with Gasteiger partial charge in [0.15, 0.2) is 0 Å². The fraction of sp³-hybridized carbons (Fsp3) is 1.00. The van der Waals surface area contributed by atoms with Gasteiger partial charge in [0.25, 0.3) is 0 Å². The highest BCUT2D eigenvalue weighted by molar-refractivity contribution is 4.67. The Balaban J connectivity index is 2.05. The quantitative estimate of drug-likeness (QED) is 0.681. The molecule has 1 aliphatic heterocycles. The highest BCUT2D eigenvalue weighted by Crippen LogP contribution is 2.16. The molecule has 1 heterocycles. The summed E-state index contributed by atoms with van der Waals surface area (Å²) in [6.07, 6.45) is 5.55. The molecule has 0 aromatic heterocycles. The van der Waals surface area contributed by atoms with Crippen LogP contribution in [0.1, 0.15) is 39.5 Å². The molecule has 0 aromatic carbocycles. The molecule has 0 aromatic rings. The van der Waals surface area contributed by atoms with Crippen molar-refractivity contribution in [3.8, 4) is 0 Å². The van der Waals surface area contributed by atoms with Crippen LogP contribution in [0.25, 0.3) is 0 Å². The van der Waals surface area contributed by atoms with Gasteiger partial charge in [0, 0.05) is 0 Å². The van der Waals surface area contributed by atoms with Crippen molar-refractivity contribution in [2.75, 3.05) is 32.7 Å². The second-order valence-electron chi connectivity index (χ2n) is 4.58. The maximum absolute atomic E-state index is 3.39. The molecule has 1 saturated heterocycles. The molecule has 0 bridgehead atoms. The number of nitrogens with zero attached hydrogens (tertiary/aromatic N) is 1.